The first kappa shape index (κ1) is 18.4. The Morgan fingerprint density at radius 3 is 2.57 bits per heavy atom. The van der Waals surface area contributed by atoms with Crippen molar-refractivity contribution in [2.24, 2.45) is 0 Å². The van der Waals surface area contributed by atoms with Crippen LogP contribution in [0.5, 0.6) is 0 Å². The molecule has 0 aliphatic heterocycles. The van der Waals surface area contributed by atoms with E-state index >= 15 is 0 Å². The van der Waals surface area contributed by atoms with Crippen molar-refractivity contribution in [3.8, 4) is 0 Å². The van der Waals surface area contributed by atoms with Crippen LogP contribution in [0.3, 0.4) is 0 Å². The molecule has 1 aromatic rings. The third-order valence-electron chi connectivity index (χ3n) is 3.15. The number of likely N-dealkylation sites (N-methyl/N-ethyl adjacent to an activating group) is 1. The Hall–Kier alpha value is -2.68. The Kier molecular flexibility index (Phi) is 6.02. The Bertz CT molecular complexity index is 663. The van der Waals surface area contributed by atoms with Crippen molar-refractivity contribution in [1.82, 2.24) is 10.2 Å². The third kappa shape index (κ3) is 4.39. The van der Waals surface area contributed by atoms with E-state index < -0.39 is 41.0 Å². The van der Waals surface area contributed by atoms with E-state index in [9.17, 15) is 24.5 Å². The van der Waals surface area contributed by atoms with Gasteiger partial charge in [0.05, 0.1) is 16.5 Å². The number of hydrogen-bond donors (Lipinski definition) is 2. The highest BCUT2D eigenvalue weighted by Gasteiger charge is 2.25. The molecule has 0 aromatic heterocycles. The lowest BCUT2D eigenvalue weighted by Gasteiger charge is -2.21. The zero-order valence-corrected chi connectivity index (χ0v) is 13.0. The van der Waals surface area contributed by atoms with Crippen LogP contribution in [0.25, 0.3) is 0 Å². The van der Waals surface area contributed by atoms with Gasteiger partial charge in [0.15, 0.2) is 0 Å². The van der Waals surface area contributed by atoms with Gasteiger partial charge in [0, 0.05) is 13.1 Å². The van der Waals surface area contributed by atoms with Crippen LogP contribution in [-0.2, 0) is 9.59 Å². The minimum Gasteiger partial charge on any atom is -0.480 e. The number of nitro groups is 1. The van der Waals surface area contributed by atoms with Crippen molar-refractivity contribution in [1.29, 1.82) is 0 Å². The number of amides is 2. The number of hydrogen-bond acceptors (Lipinski definition) is 5. The molecular formula is C13H14ClN3O6. The summed E-state index contributed by atoms with van der Waals surface area (Å²) in [6.45, 7) is 0.788. The number of halogens is 1. The van der Waals surface area contributed by atoms with E-state index in [-0.39, 0.29) is 10.6 Å². The van der Waals surface area contributed by atoms with Crippen LogP contribution < -0.4 is 5.32 Å². The molecule has 23 heavy (non-hydrogen) atoms. The normalized spacial score (nSPS) is 11.4. The maximum Gasteiger partial charge on any atom is 0.326 e. The first-order chi connectivity index (χ1) is 10.7. The highest BCUT2D eigenvalue weighted by Crippen LogP contribution is 2.25. The van der Waals surface area contributed by atoms with Crippen LogP contribution in [0.4, 0.5) is 5.69 Å². The molecule has 9 nitrogen and oxygen atoms in total. The molecule has 0 bridgehead atoms. The molecule has 0 spiro atoms. The van der Waals surface area contributed by atoms with Crippen molar-refractivity contribution < 1.29 is 24.4 Å². The fraction of sp³-hybridized carbons (Fsp3) is 0.308. The smallest absolute Gasteiger partial charge is 0.326 e. The van der Waals surface area contributed by atoms with Gasteiger partial charge in [-0.25, -0.2) is 4.79 Å². The number of nitrogens with one attached hydrogen (secondary N) is 1. The first-order valence-electron chi connectivity index (χ1n) is 6.36. The topological polar surface area (TPSA) is 130 Å². The number of rotatable bonds is 6. The summed E-state index contributed by atoms with van der Waals surface area (Å²) >= 11 is 5.80. The molecule has 1 rings (SSSR count). The Morgan fingerprint density at radius 1 is 1.43 bits per heavy atom. The van der Waals surface area contributed by atoms with Crippen molar-refractivity contribution in [3.05, 3.63) is 38.9 Å². The SMILES string of the molecule is CC(C(=O)O)N(C)C(=O)CNC(=O)c1c(Cl)cccc1[N+](=O)[O-]. The lowest BCUT2D eigenvalue weighted by atomic mass is 10.1. The molecule has 1 aromatic carbocycles. The largest absolute Gasteiger partial charge is 0.480 e. The lowest BCUT2D eigenvalue weighted by Crippen LogP contribution is -2.45. The summed E-state index contributed by atoms with van der Waals surface area (Å²) in [6.07, 6.45) is 0. The fourth-order valence-electron chi connectivity index (χ4n) is 1.64. The van der Waals surface area contributed by atoms with E-state index in [1.807, 2.05) is 0 Å². The van der Waals surface area contributed by atoms with E-state index in [2.05, 4.69) is 5.32 Å². The van der Waals surface area contributed by atoms with Gasteiger partial charge in [-0.3, -0.25) is 19.7 Å². The van der Waals surface area contributed by atoms with Crippen LogP contribution in [0.2, 0.25) is 5.02 Å². The summed E-state index contributed by atoms with van der Waals surface area (Å²) in [6, 6.07) is 2.67. The Morgan fingerprint density at radius 2 is 2.04 bits per heavy atom. The minimum absolute atomic E-state index is 0.128. The van der Waals surface area contributed by atoms with Gasteiger partial charge in [-0.1, -0.05) is 17.7 Å². The van der Waals surface area contributed by atoms with Gasteiger partial charge in [0.25, 0.3) is 11.6 Å². The van der Waals surface area contributed by atoms with Gasteiger partial charge < -0.3 is 15.3 Å². The average Bonchev–Trinajstić information content (AvgIpc) is 2.50. The van der Waals surface area contributed by atoms with Crippen LogP contribution in [-0.4, -0.2) is 52.3 Å². The standard InChI is InChI=1S/C13H14ClN3O6/c1-7(13(20)21)16(2)10(18)6-15-12(19)11-8(14)4-3-5-9(11)17(22)23/h3-5,7H,6H2,1-2H3,(H,15,19)(H,20,21). The molecule has 0 aliphatic carbocycles. The van der Waals surface area contributed by atoms with Crippen molar-refractivity contribution in [2.45, 2.75) is 13.0 Å². The van der Waals surface area contributed by atoms with Crippen molar-refractivity contribution in [2.75, 3.05) is 13.6 Å². The maximum atomic E-state index is 12.0. The summed E-state index contributed by atoms with van der Waals surface area (Å²) in [4.78, 5) is 45.7. The zero-order valence-electron chi connectivity index (χ0n) is 12.3. The van der Waals surface area contributed by atoms with Crippen molar-refractivity contribution in [3.63, 3.8) is 0 Å². The first-order valence-corrected chi connectivity index (χ1v) is 6.74. The number of aliphatic carboxylic acids is 1. The Balaban J connectivity index is 2.84. The molecule has 0 saturated carbocycles. The van der Waals surface area contributed by atoms with E-state index in [4.69, 9.17) is 16.7 Å². The van der Waals surface area contributed by atoms with E-state index in [0.717, 1.165) is 11.0 Å². The molecule has 2 N–H and O–H groups in total. The number of benzene rings is 1. The average molecular weight is 344 g/mol. The number of carbonyl (C=O) groups excluding carboxylic acids is 2. The zero-order chi connectivity index (χ0) is 17.7. The quantitative estimate of drug-likeness (QED) is 0.583. The minimum atomic E-state index is -1.20. The number of carbonyl (C=O) groups is 3. The molecule has 1 atom stereocenters. The van der Waals surface area contributed by atoms with Gasteiger partial charge in [-0.2, -0.15) is 0 Å². The molecule has 10 heteroatoms. The monoisotopic (exact) mass is 343 g/mol. The van der Waals surface area contributed by atoms with Crippen molar-refractivity contribution >= 4 is 35.1 Å². The summed E-state index contributed by atoms with van der Waals surface area (Å²) in [5, 5.41) is 21.8. The third-order valence-corrected chi connectivity index (χ3v) is 3.46. The van der Waals surface area contributed by atoms with Crippen LogP contribution >= 0.6 is 11.6 Å². The number of carboxylic acids is 1. The van der Waals surface area contributed by atoms with Gasteiger partial charge in [0.1, 0.15) is 11.6 Å². The summed E-state index contributed by atoms with van der Waals surface area (Å²) in [5.41, 5.74) is -0.851. The second-order valence-corrected chi connectivity index (χ2v) is 5.00. The van der Waals surface area contributed by atoms with Crippen LogP contribution in [0.15, 0.2) is 18.2 Å². The number of nitrogens with zero attached hydrogens (tertiary/aromatic N) is 2. The van der Waals surface area contributed by atoms with Gasteiger partial charge in [-0.05, 0) is 13.0 Å². The van der Waals surface area contributed by atoms with Gasteiger partial charge in [-0.15, -0.1) is 0 Å². The lowest BCUT2D eigenvalue weighted by molar-refractivity contribution is -0.385. The highest BCUT2D eigenvalue weighted by molar-refractivity contribution is 6.34. The number of nitro benzene ring substituents is 1. The second kappa shape index (κ2) is 7.54. The Labute approximate surface area is 136 Å². The van der Waals surface area contributed by atoms with Gasteiger partial charge in [0.2, 0.25) is 5.91 Å². The predicted molar refractivity (Wildman–Crippen MR) is 80.3 cm³/mol. The molecule has 0 radical (unpaired) electrons. The number of carboxylic acid groups (broad SMARTS) is 1. The van der Waals surface area contributed by atoms with E-state index in [0.29, 0.717) is 0 Å². The van der Waals surface area contributed by atoms with Crippen LogP contribution in [0.1, 0.15) is 17.3 Å². The molecule has 1 unspecified atom stereocenters. The maximum absolute atomic E-state index is 12.0. The molecule has 0 heterocycles. The predicted octanol–water partition coefficient (Wildman–Crippen LogP) is 0.909. The van der Waals surface area contributed by atoms with Crippen LogP contribution in [0, 0.1) is 10.1 Å². The highest BCUT2D eigenvalue weighted by atomic mass is 35.5. The van der Waals surface area contributed by atoms with E-state index in [1.54, 1.807) is 0 Å². The molecule has 0 saturated heterocycles. The molecule has 0 fully saturated rings. The summed E-state index contributed by atoms with van der Waals surface area (Å²) in [7, 11) is 1.27. The van der Waals surface area contributed by atoms with E-state index in [1.165, 1.54) is 26.1 Å². The van der Waals surface area contributed by atoms with Gasteiger partial charge >= 0.3 is 5.97 Å². The molecule has 124 valence electrons. The molecular weight excluding hydrogens is 330 g/mol. The fourth-order valence-corrected chi connectivity index (χ4v) is 1.90. The summed E-state index contributed by atoms with van der Waals surface area (Å²) in [5.74, 6) is -2.76. The summed E-state index contributed by atoms with van der Waals surface area (Å²) < 4.78 is 0. The second-order valence-electron chi connectivity index (χ2n) is 4.59. The molecule has 2 amide bonds. The molecule has 0 aliphatic rings.